The second kappa shape index (κ2) is 5.40. The molecule has 7 heteroatoms. The van der Waals surface area contributed by atoms with Gasteiger partial charge >= 0.3 is 0 Å². The monoisotopic (exact) mass is 291 g/mol. The van der Waals surface area contributed by atoms with Gasteiger partial charge in [-0.2, -0.15) is 0 Å². The van der Waals surface area contributed by atoms with Gasteiger partial charge in [-0.1, -0.05) is 6.92 Å². The van der Waals surface area contributed by atoms with Gasteiger partial charge in [0.15, 0.2) is 5.82 Å². The second-order valence-electron chi connectivity index (χ2n) is 5.86. The lowest BCUT2D eigenvalue weighted by Gasteiger charge is -2.33. The lowest BCUT2D eigenvalue weighted by Crippen LogP contribution is -2.31. The zero-order valence-corrected chi connectivity index (χ0v) is 11.9. The number of hydrogen-bond donors (Lipinski definition) is 1. The van der Waals surface area contributed by atoms with Crippen LogP contribution in [-0.2, 0) is 11.3 Å². The molecule has 0 bridgehead atoms. The van der Waals surface area contributed by atoms with E-state index in [1.807, 2.05) is 0 Å². The van der Waals surface area contributed by atoms with Gasteiger partial charge in [-0.3, -0.25) is 0 Å². The second-order valence-corrected chi connectivity index (χ2v) is 5.86. The first-order valence-corrected chi connectivity index (χ1v) is 6.96. The summed E-state index contributed by atoms with van der Waals surface area (Å²) >= 11 is 0. The molecule has 21 heavy (non-hydrogen) atoms. The van der Waals surface area contributed by atoms with E-state index in [2.05, 4.69) is 22.4 Å². The van der Waals surface area contributed by atoms with E-state index in [0.717, 1.165) is 26.1 Å². The summed E-state index contributed by atoms with van der Waals surface area (Å²) in [5.41, 5.74) is 6.73. The van der Waals surface area contributed by atoms with Crippen molar-refractivity contribution in [2.75, 3.05) is 18.9 Å². The molecule has 0 aliphatic carbocycles. The summed E-state index contributed by atoms with van der Waals surface area (Å²) in [6.45, 7) is 4.37. The number of nitrogens with zero attached hydrogens (tertiary/aromatic N) is 4. The number of anilines is 1. The minimum Gasteiger partial charge on any atom is -0.399 e. The zero-order chi connectivity index (χ0) is 14.9. The Morgan fingerprint density at radius 2 is 2.10 bits per heavy atom. The highest BCUT2D eigenvalue weighted by Crippen LogP contribution is 2.32. The van der Waals surface area contributed by atoms with Crippen LogP contribution < -0.4 is 5.73 Å². The fourth-order valence-corrected chi connectivity index (χ4v) is 2.64. The van der Waals surface area contributed by atoms with Crippen molar-refractivity contribution >= 4 is 5.69 Å². The smallest absolute Gasteiger partial charge is 0.182 e. The van der Waals surface area contributed by atoms with Gasteiger partial charge in [-0.15, -0.1) is 5.10 Å². The van der Waals surface area contributed by atoms with E-state index in [1.54, 1.807) is 10.7 Å². The maximum atomic E-state index is 13.5. The van der Waals surface area contributed by atoms with Crippen LogP contribution in [0.15, 0.2) is 18.2 Å². The quantitative estimate of drug-likeness (QED) is 0.873. The van der Waals surface area contributed by atoms with Crippen LogP contribution in [0.5, 0.6) is 0 Å². The summed E-state index contributed by atoms with van der Waals surface area (Å²) in [5.74, 6) is 0.144. The molecule has 1 aromatic heterocycles. The highest BCUT2D eigenvalue weighted by atomic mass is 19.1. The zero-order valence-electron chi connectivity index (χ0n) is 11.9. The fraction of sp³-hybridized carbons (Fsp3) is 0.500. The molecule has 2 aromatic rings. The Bertz CT molecular complexity index is 616. The van der Waals surface area contributed by atoms with Crippen LogP contribution in [0.3, 0.4) is 0 Å². The Morgan fingerprint density at radius 1 is 1.33 bits per heavy atom. The van der Waals surface area contributed by atoms with E-state index < -0.39 is 5.82 Å². The molecule has 0 radical (unpaired) electrons. The molecule has 1 aromatic carbocycles. The molecule has 2 N–H and O–H groups in total. The molecule has 0 atom stereocenters. The molecule has 1 aliphatic rings. The number of nitrogens with two attached hydrogens (primary N) is 1. The van der Waals surface area contributed by atoms with Crippen molar-refractivity contribution in [3.63, 3.8) is 0 Å². The molecule has 2 heterocycles. The number of rotatable bonds is 3. The number of hydrogen-bond acceptors (Lipinski definition) is 5. The minimum atomic E-state index is -0.392. The van der Waals surface area contributed by atoms with Crippen LogP contribution in [0.25, 0.3) is 11.4 Å². The van der Waals surface area contributed by atoms with E-state index in [-0.39, 0.29) is 5.41 Å². The van der Waals surface area contributed by atoms with Crippen LogP contribution in [0.4, 0.5) is 10.1 Å². The van der Waals surface area contributed by atoms with E-state index >= 15 is 0 Å². The van der Waals surface area contributed by atoms with E-state index in [1.165, 1.54) is 12.1 Å². The maximum absolute atomic E-state index is 13.5. The standard InChI is InChI=1S/C14H18FN5O/c1-14(2-4-21-5-3-14)9-20-13(17-18-19-20)10-6-11(15)8-12(16)7-10/h6-8H,2-5,9,16H2,1H3. The molecule has 6 nitrogen and oxygen atoms in total. The molecule has 3 rings (SSSR count). The first-order valence-electron chi connectivity index (χ1n) is 6.96. The largest absolute Gasteiger partial charge is 0.399 e. The van der Waals surface area contributed by atoms with Crippen molar-refractivity contribution in [3.8, 4) is 11.4 Å². The van der Waals surface area contributed by atoms with Crippen molar-refractivity contribution in [1.29, 1.82) is 0 Å². The number of aromatic nitrogens is 4. The Hall–Kier alpha value is -2.02. The van der Waals surface area contributed by atoms with Gasteiger partial charge in [-0.05, 0) is 46.9 Å². The van der Waals surface area contributed by atoms with Gasteiger partial charge in [0.1, 0.15) is 5.82 Å². The molecule has 1 aliphatic heterocycles. The van der Waals surface area contributed by atoms with Gasteiger partial charge in [0.25, 0.3) is 0 Å². The topological polar surface area (TPSA) is 78.9 Å². The van der Waals surface area contributed by atoms with Crippen molar-refractivity contribution in [1.82, 2.24) is 20.2 Å². The van der Waals surface area contributed by atoms with Crippen LogP contribution >= 0.6 is 0 Å². The summed E-state index contributed by atoms with van der Waals surface area (Å²) < 4.78 is 20.6. The normalized spacial score (nSPS) is 17.8. The van der Waals surface area contributed by atoms with Gasteiger partial charge in [0.05, 0.1) is 6.54 Å². The summed E-state index contributed by atoms with van der Waals surface area (Å²) in [4.78, 5) is 0. The summed E-state index contributed by atoms with van der Waals surface area (Å²) in [6.07, 6.45) is 1.91. The highest BCUT2D eigenvalue weighted by Gasteiger charge is 2.29. The van der Waals surface area contributed by atoms with Gasteiger partial charge in [0, 0.05) is 24.5 Å². The Labute approximate surface area is 122 Å². The summed E-state index contributed by atoms with van der Waals surface area (Å²) in [6, 6.07) is 4.35. The molecule has 1 saturated heterocycles. The van der Waals surface area contributed by atoms with Crippen LogP contribution in [0.1, 0.15) is 19.8 Å². The molecular formula is C14H18FN5O. The van der Waals surface area contributed by atoms with Crippen LogP contribution in [0.2, 0.25) is 0 Å². The SMILES string of the molecule is CC1(Cn2nnnc2-c2cc(N)cc(F)c2)CCOCC1. The minimum absolute atomic E-state index is 0.0846. The van der Waals surface area contributed by atoms with Crippen LogP contribution in [-0.4, -0.2) is 33.4 Å². The Morgan fingerprint density at radius 3 is 2.81 bits per heavy atom. The molecule has 1 fully saturated rings. The molecule has 0 spiro atoms. The van der Waals surface area contributed by atoms with Crippen molar-refractivity contribution in [2.24, 2.45) is 5.41 Å². The Kier molecular flexibility index (Phi) is 3.59. The van der Waals surface area contributed by atoms with E-state index in [0.29, 0.717) is 23.6 Å². The van der Waals surface area contributed by atoms with Crippen molar-refractivity contribution in [2.45, 2.75) is 26.3 Å². The van der Waals surface area contributed by atoms with Gasteiger partial charge in [-0.25, -0.2) is 9.07 Å². The molecule has 112 valence electrons. The lowest BCUT2D eigenvalue weighted by molar-refractivity contribution is 0.0138. The predicted octanol–water partition coefficient (Wildman–Crippen LogP) is 1.88. The van der Waals surface area contributed by atoms with Crippen molar-refractivity contribution < 1.29 is 9.13 Å². The number of nitrogen functional groups attached to an aromatic ring is 1. The van der Waals surface area contributed by atoms with E-state index in [9.17, 15) is 4.39 Å². The Balaban J connectivity index is 1.90. The van der Waals surface area contributed by atoms with Crippen molar-refractivity contribution in [3.05, 3.63) is 24.0 Å². The lowest BCUT2D eigenvalue weighted by atomic mass is 9.82. The number of benzene rings is 1. The highest BCUT2D eigenvalue weighted by molar-refractivity contribution is 5.61. The number of halogens is 1. The average molecular weight is 291 g/mol. The third-order valence-corrected chi connectivity index (χ3v) is 3.94. The van der Waals surface area contributed by atoms with Gasteiger partial charge in [0.2, 0.25) is 0 Å². The molecular weight excluding hydrogens is 273 g/mol. The third kappa shape index (κ3) is 3.02. The van der Waals surface area contributed by atoms with Crippen LogP contribution in [0, 0.1) is 11.2 Å². The third-order valence-electron chi connectivity index (χ3n) is 3.94. The molecule has 0 amide bonds. The van der Waals surface area contributed by atoms with Gasteiger partial charge < -0.3 is 10.5 Å². The predicted molar refractivity (Wildman–Crippen MR) is 75.8 cm³/mol. The number of tetrazole rings is 1. The molecule has 0 unspecified atom stereocenters. The summed E-state index contributed by atoms with van der Waals surface area (Å²) in [7, 11) is 0. The first-order chi connectivity index (χ1) is 10.1. The first kappa shape index (κ1) is 13.9. The average Bonchev–Trinajstić information content (AvgIpc) is 2.85. The summed E-state index contributed by atoms with van der Waals surface area (Å²) in [5, 5.41) is 11.8. The molecule has 0 saturated carbocycles. The fourth-order valence-electron chi connectivity index (χ4n) is 2.64. The number of ether oxygens (including phenoxy) is 1. The maximum Gasteiger partial charge on any atom is 0.182 e. The van der Waals surface area contributed by atoms with E-state index in [4.69, 9.17) is 10.5 Å².